The third kappa shape index (κ3) is 6.75. The lowest BCUT2D eigenvalue weighted by Gasteiger charge is -2.36. The number of hydrogen-bond acceptors (Lipinski definition) is 3. The Morgan fingerprint density at radius 3 is 1.46 bits per heavy atom. The molecule has 17 heteroatoms. The predicted octanol–water partition coefficient (Wildman–Crippen LogP) is 6.05. The average molecular weight is 456 g/mol. The zero-order valence-corrected chi connectivity index (χ0v) is 13.1. The number of halogens is 14. The second-order valence-corrected chi connectivity index (χ2v) is 5.10. The first-order valence-electron chi connectivity index (χ1n) is 6.82. The fourth-order valence-electron chi connectivity index (χ4n) is 1.46. The van der Waals surface area contributed by atoms with Crippen LogP contribution in [0.15, 0.2) is 0 Å². The molecule has 0 aromatic carbocycles. The number of alkyl halides is 13. The van der Waals surface area contributed by atoms with Crippen LogP contribution in [0.2, 0.25) is 0 Å². The molecule has 0 rings (SSSR count). The summed E-state index contributed by atoms with van der Waals surface area (Å²) in [5.74, 6) is -6.91. The van der Waals surface area contributed by atoms with Gasteiger partial charge in [-0.15, -0.1) is 4.94 Å². The van der Waals surface area contributed by atoms with E-state index in [2.05, 4.69) is 4.74 Å². The van der Waals surface area contributed by atoms with Gasteiger partial charge < -0.3 is 4.74 Å². The van der Waals surface area contributed by atoms with Gasteiger partial charge in [-0.2, -0.15) is 57.1 Å². The van der Waals surface area contributed by atoms with Gasteiger partial charge in [0.1, 0.15) is 0 Å². The molecule has 0 saturated heterocycles. The predicted molar refractivity (Wildman–Crippen MR) is 58.5 cm³/mol. The molecule has 0 aliphatic carbocycles. The van der Waals surface area contributed by atoms with Gasteiger partial charge in [0.2, 0.25) is 0 Å². The molecule has 0 aliphatic rings. The van der Waals surface area contributed by atoms with Gasteiger partial charge in [-0.1, -0.05) is 6.42 Å². The molecule has 0 N–H and O–H groups in total. The fourth-order valence-corrected chi connectivity index (χ4v) is 1.46. The van der Waals surface area contributed by atoms with Gasteiger partial charge in [-0.05, 0) is 17.4 Å². The summed E-state index contributed by atoms with van der Waals surface area (Å²) in [7, 11) is 0. The van der Waals surface area contributed by atoms with Crippen LogP contribution in [0.4, 0.5) is 61.6 Å². The van der Waals surface area contributed by atoms with Crippen molar-refractivity contribution in [2.75, 3.05) is 6.61 Å². The van der Waals surface area contributed by atoms with Crippen LogP contribution in [0.3, 0.4) is 0 Å². The number of hydrogen-bond donors (Lipinski definition) is 0. The summed E-state index contributed by atoms with van der Waals surface area (Å²) in [5.41, 5.74) is 0. The molecule has 0 aliphatic heterocycles. The van der Waals surface area contributed by atoms with Crippen molar-refractivity contribution in [2.24, 2.45) is 0 Å². The Morgan fingerprint density at radius 1 is 0.571 bits per heavy atom. The van der Waals surface area contributed by atoms with E-state index < -0.39 is 68.8 Å². The summed E-state index contributed by atoms with van der Waals surface area (Å²) in [6.07, 6.45) is -35.1. The Bertz CT molecular complexity index is 488. The average Bonchev–Trinajstić information content (AvgIpc) is 2.47. The standard InChI is InChI=1S/C11H10F14O3/c12-6(13,14)4-2-1-3-5-26-9(19,20)7(15,8(16,17)18)27-10(21,22)11(23,24)28-25/h1-5H2. The van der Waals surface area contributed by atoms with E-state index in [0.717, 1.165) is 0 Å². The summed E-state index contributed by atoms with van der Waals surface area (Å²) >= 11 is 0. The molecule has 0 radical (unpaired) electrons. The largest absolute Gasteiger partial charge is 0.478 e. The Hall–Kier alpha value is -1.10. The van der Waals surface area contributed by atoms with Crippen molar-refractivity contribution in [1.82, 2.24) is 0 Å². The summed E-state index contributed by atoms with van der Waals surface area (Å²) in [6, 6.07) is 0. The monoisotopic (exact) mass is 456 g/mol. The Labute approximate surface area is 146 Å². The van der Waals surface area contributed by atoms with Crippen LogP contribution in [0.1, 0.15) is 25.7 Å². The minimum atomic E-state index is -7.11. The molecule has 0 aromatic heterocycles. The summed E-state index contributed by atoms with van der Waals surface area (Å²) in [6.45, 7) is -1.60. The van der Waals surface area contributed by atoms with Crippen molar-refractivity contribution in [3.63, 3.8) is 0 Å². The molecule has 1 unspecified atom stereocenters. The maximum Gasteiger partial charge on any atom is 0.478 e. The Kier molecular flexibility index (Phi) is 8.38. The molecular formula is C11H10F14O3. The molecule has 0 heterocycles. The highest BCUT2D eigenvalue weighted by atomic mass is 19.4. The number of unbranched alkanes of at least 4 members (excludes halogenated alkanes) is 2. The molecule has 28 heavy (non-hydrogen) atoms. The van der Waals surface area contributed by atoms with E-state index in [1.165, 1.54) is 4.94 Å². The van der Waals surface area contributed by atoms with E-state index in [1.54, 1.807) is 0 Å². The Balaban J connectivity index is 5.22. The van der Waals surface area contributed by atoms with Gasteiger partial charge in [0.25, 0.3) is 0 Å². The van der Waals surface area contributed by atoms with Crippen molar-refractivity contribution >= 4 is 0 Å². The zero-order valence-electron chi connectivity index (χ0n) is 13.1. The first kappa shape index (κ1) is 26.9. The second-order valence-electron chi connectivity index (χ2n) is 5.10. The first-order valence-corrected chi connectivity index (χ1v) is 6.82. The molecule has 0 fully saturated rings. The summed E-state index contributed by atoms with van der Waals surface area (Å²) in [4.78, 5) is 1.31. The first-order chi connectivity index (χ1) is 12.2. The van der Waals surface area contributed by atoms with E-state index in [0.29, 0.717) is 0 Å². The van der Waals surface area contributed by atoms with Crippen LogP contribution < -0.4 is 0 Å². The van der Waals surface area contributed by atoms with E-state index >= 15 is 0 Å². The summed E-state index contributed by atoms with van der Waals surface area (Å²) < 4.78 is 180. The van der Waals surface area contributed by atoms with Crippen LogP contribution in [0.25, 0.3) is 0 Å². The van der Waals surface area contributed by atoms with Crippen LogP contribution in [-0.2, 0) is 14.4 Å². The fraction of sp³-hybridized carbons (Fsp3) is 1.00. The Morgan fingerprint density at radius 2 is 1.07 bits per heavy atom. The maximum atomic E-state index is 13.6. The third-order valence-electron chi connectivity index (χ3n) is 2.83. The van der Waals surface area contributed by atoms with Crippen molar-refractivity contribution in [2.45, 2.75) is 62.2 Å². The molecule has 0 amide bonds. The minimum Gasteiger partial charge on any atom is -0.316 e. The molecule has 0 spiro atoms. The normalized spacial score (nSPS) is 16.9. The second kappa shape index (κ2) is 8.73. The quantitative estimate of drug-likeness (QED) is 0.280. The van der Waals surface area contributed by atoms with Gasteiger partial charge in [0.15, 0.2) is 0 Å². The highest BCUT2D eigenvalue weighted by Gasteiger charge is 2.80. The lowest BCUT2D eigenvalue weighted by Crippen LogP contribution is -2.63. The van der Waals surface area contributed by atoms with E-state index in [1.807, 2.05) is 4.74 Å². The number of rotatable bonds is 11. The SMILES string of the molecule is FOC(F)(F)C(F)(F)OC(F)(C(F)(F)F)C(F)(F)OCCCCCC(F)(F)F. The van der Waals surface area contributed by atoms with Gasteiger partial charge >= 0.3 is 36.5 Å². The zero-order chi connectivity index (χ0) is 22.7. The van der Waals surface area contributed by atoms with E-state index in [4.69, 9.17) is 0 Å². The molecule has 0 aromatic rings. The highest BCUT2D eigenvalue weighted by molar-refractivity contribution is 4.89. The summed E-state index contributed by atoms with van der Waals surface area (Å²) in [5, 5.41) is 0. The van der Waals surface area contributed by atoms with Crippen LogP contribution in [0, 0.1) is 0 Å². The van der Waals surface area contributed by atoms with Gasteiger partial charge in [0, 0.05) is 6.42 Å². The molecule has 0 bridgehead atoms. The molecular weight excluding hydrogens is 446 g/mol. The van der Waals surface area contributed by atoms with Gasteiger partial charge in [-0.25, -0.2) is 0 Å². The topological polar surface area (TPSA) is 27.7 Å². The van der Waals surface area contributed by atoms with Crippen molar-refractivity contribution < 1.29 is 76.0 Å². The molecule has 170 valence electrons. The maximum absolute atomic E-state index is 13.6. The minimum absolute atomic E-state index is 0.564. The molecule has 0 saturated carbocycles. The molecule has 1 atom stereocenters. The van der Waals surface area contributed by atoms with Crippen molar-refractivity contribution in [3.05, 3.63) is 0 Å². The third-order valence-corrected chi connectivity index (χ3v) is 2.83. The van der Waals surface area contributed by atoms with Crippen LogP contribution in [0.5, 0.6) is 0 Å². The number of ether oxygens (including phenoxy) is 2. The molecule has 3 nitrogen and oxygen atoms in total. The smallest absolute Gasteiger partial charge is 0.316 e. The van der Waals surface area contributed by atoms with Crippen molar-refractivity contribution in [3.8, 4) is 0 Å². The van der Waals surface area contributed by atoms with Gasteiger partial charge in [-0.3, -0.25) is 4.74 Å². The lowest BCUT2D eigenvalue weighted by atomic mass is 10.2. The van der Waals surface area contributed by atoms with Crippen LogP contribution >= 0.6 is 0 Å². The lowest BCUT2D eigenvalue weighted by molar-refractivity contribution is -0.554. The van der Waals surface area contributed by atoms with Gasteiger partial charge in [0.05, 0.1) is 6.61 Å². The van der Waals surface area contributed by atoms with E-state index in [9.17, 15) is 61.6 Å². The van der Waals surface area contributed by atoms with Crippen LogP contribution in [-0.4, -0.2) is 43.1 Å². The van der Waals surface area contributed by atoms with E-state index in [-0.39, 0.29) is 0 Å². The highest BCUT2D eigenvalue weighted by Crippen LogP contribution is 2.52. The van der Waals surface area contributed by atoms with Crippen molar-refractivity contribution in [1.29, 1.82) is 0 Å².